The average Bonchev–Trinajstić information content (AvgIpc) is 2.30. The summed E-state index contributed by atoms with van der Waals surface area (Å²) in [6.07, 6.45) is 0. The van der Waals surface area contributed by atoms with Crippen LogP contribution in [0.15, 0.2) is 22.7 Å². The first-order valence-electron chi connectivity index (χ1n) is 5.66. The summed E-state index contributed by atoms with van der Waals surface area (Å²) in [6, 6.07) is 6.35. The molecule has 0 unspecified atom stereocenters. The number of nitrogens with zero attached hydrogens (tertiary/aromatic N) is 1. The van der Waals surface area contributed by atoms with Crippen molar-refractivity contribution in [3.8, 4) is 6.07 Å². The van der Waals surface area contributed by atoms with Crippen molar-refractivity contribution >= 4 is 26.9 Å². The topological polar surface area (TPSA) is 52.9 Å². The molecule has 1 aromatic rings. The maximum absolute atomic E-state index is 13.9. The molecule has 0 aliphatic heterocycles. The van der Waals surface area contributed by atoms with E-state index < -0.39 is 27.1 Å². The largest absolute Gasteiger partial charge is 0.242 e. The lowest BCUT2D eigenvalue weighted by Crippen LogP contribution is -2.45. The summed E-state index contributed by atoms with van der Waals surface area (Å²) in [4.78, 5) is 0. The Kier molecular flexibility index (Phi) is 4.88. The Morgan fingerprint density at radius 2 is 1.95 bits per heavy atom. The van der Waals surface area contributed by atoms with Gasteiger partial charge in [0.05, 0.1) is 21.8 Å². The number of nitrogens with one attached hydrogen (secondary N) is 1. The van der Waals surface area contributed by atoms with Gasteiger partial charge in [-0.3, -0.25) is 0 Å². The van der Waals surface area contributed by atoms with E-state index in [-0.39, 0.29) is 5.56 Å². The van der Waals surface area contributed by atoms with Crippen LogP contribution in [0.25, 0.3) is 0 Å². The van der Waals surface area contributed by atoms with Crippen molar-refractivity contribution in [3.63, 3.8) is 0 Å². The lowest BCUT2D eigenvalue weighted by atomic mass is 9.94. The Bertz CT molecular complexity index is 551. The number of halogens is 2. The minimum absolute atomic E-state index is 0.168. The molecule has 0 saturated carbocycles. The Hall–Kier alpha value is -0.770. The first kappa shape index (κ1) is 16.3. The number of benzene rings is 1. The van der Waals surface area contributed by atoms with Crippen LogP contribution < -0.4 is 4.72 Å². The van der Waals surface area contributed by atoms with Crippen LogP contribution >= 0.6 is 15.9 Å². The molecular weight excluding hydrogens is 331 g/mol. The van der Waals surface area contributed by atoms with Gasteiger partial charge in [-0.05, 0) is 45.9 Å². The van der Waals surface area contributed by atoms with Gasteiger partial charge in [-0.25, -0.2) is 13.3 Å². The molecule has 0 aliphatic carbocycles. The van der Waals surface area contributed by atoms with Crippen LogP contribution in [0.2, 0.25) is 0 Å². The predicted octanol–water partition coefficient (Wildman–Crippen LogP) is 3.38. The van der Waals surface area contributed by atoms with Gasteiger partial charge >= 0.3 is 0 Å². The highest BCUT2D eigenvalue weighted by Crippen LogP contribution is 2.28. The SMILES string of the molecule is CC(C)(C)[S@](=O)N[C@@](C)(C#N)c1cc(Br)ccc1F. The third-order valence-electron chi connectivity index (χ3n) is 2.54. The van der Waals surface area contributed by atoms with E-state index in [2.05, 4.69) is 20.7 Å². The maximum atomic E-state index is 13.9. The van der Waals surface area contributed by atoms with E-state index in [9.17, 15) is 13.9 Å². The van der Waals surface area contributed by atoms with Gasteiger partial charge in [-0.2, -0.15) is 5.26 Å². The first-order valence-corrected chi connectivity index (χ1v) is 7.61. The van der Waals surface area contributed by atoms with Crippen LogP contribution in [0.1, 0.15) is 33.3 Å². The highest BCUT2D eigenvalue weighted by atomic mass is 79.9. The molecule has 2 atom stereocenters. The third-order valence-corrected chi connectivity index (χ3v) is 4.74. The number of hydrogen-bond donors (Lipinski definition) is 1. The second-order valence-corrected chi connectivity index (χ2v) is 8.23. The molecule has 19 heavy (non-hydrogen) atoms. The van der Waals surface area contributed by atoms with Crippen molar-refractivity contribution in [1.82, 2.24) is 4.72 Å². The molecule has 1 rings (SSSR count). The average molecular weight is 347 g/mol. The van der Waals surface area contributed by atoms with Crippen molar-refractivity contribution < 1.29 is 8.60 Å². The zero-order chi connectivity index (χ0) is 14.8. The van der Waals surface area contributed by atoms with E-state index in [4.69, 9.17) is 0 Å². The van der Waals surface area contributed by atoms with Crippen LogP contribution in [0.4, 0.5) is 4.39 Å². The lowest BCUT2D eigenvalue weighted by molar-refractivity contribution is 0.510. The van der Waals surface area contributed by atoms with E-state index in [1.807, 2.05) is 6.07 Å². The molecule has 0 radical (unpaired) electrons. The van der Waals surface area contributed by atoms with Crippen molar-refractivity contribution in [1.29, 1.82) is 5.26 Å². The highest BCUT2D eigenvalue weighted by molar-refractivity contribution is 9.10. The van der Waals surface area contributed by atoms with Gasteiger partial charge in [0.25, 0.3) is 0 Å². The Morgan fingerprint density at radius 3 is 2.42 bits per heavy atom. The molecule has 0 fully saturated rings. The summed E-state index contributed by atoms with van der Waals surface area (Å²) in [7, 11) is -1.48. The molecule has 1 aromatic carbocycles. The zero-order valence-electron chi connectivity index (χ0n) is 11.3. The quantitative estimate of drug-likeness (QED) is 0.911. The van der Waals surface area contributed by atoms with E-state index in [1.54, 1.807) is 26.8 Å². The van der Waals surface area contributed by atoms with Gasteiger partial charge < -0.3 is 0 Å². The van der Waals surface area contributed by atoms with Crippen LogP contribution in [-0.2, 0) is 16.5 Å². The minimum Gasteiger partial charge on any atom is -0.242 e. The summed E-state index contributed by atoms with van der Waals surface area (Å²) in [6.45, 7) is 6.86. The molecule has 0 heterocycles. The number of rotatable bonds is 3. The van der Waals surface area contributed by atoms with Crippen molar-refractivity contribution in [2.24, 2.45) is 0 Å². The smallest absolute Gasteiger partial charge is 0.142 e. The van der Waals surface area contributed by atoms with E-state index in [1.165, 1.54) is 19.1 Å². The van der Waals surface area contributed by atoms with E-state index in [0.717, 1.165) is 0 Å². The molecule has 0 bridgehead atoms. The zero-order valence-corrected chi connectivity index (χ0v) is 13.7. The standard InChI is InChI=1S/C13H16BrFN2OS/c1-12(2,3)19(18)17-13(4,8-16)10-7-9(14)5-6-11(10)15/h5-7,17H,1-4H3/t13-,19-/m0/s1. The van der Waals surface area contributed by atoms with Crippen LogP contribution in [0, 0.1) is 17.1 Å². The molecule has 0 spiro atoms. The lowest BCUT2D eigenvalue weighted by Gasteiger charge is -2.28. The maximum Gasteiger partial charge on any atom is 0.142 e. The molecule has 0 aliphatic rings. The molecule has 6 heteroatoms. The predicted molar refractivity (Wildman–Crippen MR) is 78.1 cm³/mol. The summed E-state index contributed by atoms with van der Waals surface area (Å²) >= 11 is 3.24. The van der Waals surface area contributed by atoms with Crippen molar-refractivity contribution in [2.45, 2.75) is 38.0 Å². The third kappa shape index (κ3) is 3.85. The Labute approximate surface area is 123 Å². The molecule has 104 valence electrons. The summed E-state index contributed by atoms with van der Waals surface area (Å²) < 4.78 is 28.8. The van der Waals surface area contributed by atoms with Crippen molar-refractivity contribution in [3.05, 3.63) is 34.1 Å². The molecule has 0 amide bonds. The van der Waals surface area contributed by atoms with E-state index in [0.29, 0.717) is 4.47 Å². The normalized spacial score (nSPS) is 16.5. The second kappa shape index (κ2) is 5.70. The van der Waals surface area contributed by atoms with Gasteiger partial charge in [0.2, 0.25) is 0 Å². The van der Waals surface area contributed by atoms with Gasteiger partial charge in [0, 0.05) is 10.0 Å². The number of hydrogen-bond acceptors (Lipinski definition) is 2. The van der Waals surface area contributed by atoms with Gasteiger partial charge in [-0.15, -0.1) is 0 Å². The minimum atomic E-state index is -1.48. The number of nitriles is 1. The first-order chi connectivity index (χ1) is 8.60. The highest BCUT2D eigenvalue weighted by Gasteiger charge is 2.34. The van der Waals surface area contributed by atoms with Gasteiger partial charge in [-0.1, -0.05) is 15.9 Å². The summed E-state index contributed by atoms with van der Waals surface area (Å²) in [5.74, 6) is -0.509. The van der Waals surface area contributed by atoms with E-state index >= 15 is 0 Å². The van der Waals surface area contributed by atoms with Gasteiger partial charge in [0.1, 0.15) is 11.4 Å². The fourth-order valence-electron chi connectivity index (χ4n) is 1.36. The fraction of sp³-hybridized carbons (Fsp3) is 0.462. The Balaban J connectivity index is 3.22. The molecule has 0 saturated heterocycles. The second-order valence-electron chi connectivity index (χ2n) is 5.34. The van der Waals surface area contributed by atoms with Gasteiger partial charge in [0.15, 0.2) is 0 Å². The fourth-order valence-corrected chi connectivity index (χ4v) is 2.55. The molecule has 1 N–H and O–H groups in total. The van der Waals surface area contributed by atoms with Crippen molar-refractivity contribution in [2.75, 3.05) is 0 Å². The monoisotopic (exact) mass is 346 g/mol. The molecule has 0 aromatic heterocycles. The Morgan fingerprint density at radius 1 is 1.37 bits per heavy atom. The van der Waals surface area contributed by atoms with Crippen LogP contribution in [-0.4, -0.2) is 8.96 Å². The summed E-state index contributed by atoms with van der Waals surface area (Å²) in [5, 5.41) is 9.34. The molecular formula is C13H16BrFN2OS. The molecule has 3 nitrogen and oxygen atoms in total. The van der Waals surface area contributed by atoms with Crippen LogP contribution in [0.5, 0.6) is 0 Å². The summed E-state index contributed by atoms with van der Waals surface area (Å²) in [5.41, 5.74) is -1.19. The van der Waals surface area contributed by atoms with Crippen LogP contribution in [0.3, 0.4) is 0 Å².